The van der Waals surface area contributed by atoms with Crippen molar-refractivity contribution in [1.29, 1.82) is 26.3 Å². The van der Waals surface area contributed by atoms with Crippen LogP contribution in [0.3, 0.4) is 0 Å². The molecule has 2 aromatic heterocycles. The van der Waals surface area contributed by atoms with E-state index in [1.54, 1.807) is 52.8 Å². The van der Waals surface area contributed by atoms with Crippen LogP contribution in [0.1, 0.15) is 81.2 Å². The fourth-order valence-electron chi connectivity index (χ4n) is 10.3. The molecule has 6 heterocycles. The van der Waals surface area contributed by atoms with Gasteiger partial charge in [0.15, 0.2) is 51.9 Å². The average molecular weight is 1340 g/mol. The highest BCUT2D eigenvalue weighted by Crippen LogP contribution is 2.49. The number of carbonyl (C=O) groups excluding carboxylic acids is 1. The summed E-state index contributed by atoms with van der Waals surface area (Å²) in [5.41, 5.74) is 5.12. The zero-order valence-corrected chi connectivity index (χ0v) is 55.7. The second kappa shape index (κ2) is 34.4. The normalized spacial score (nSPS) is 14.5. The van der Waals surface area contributed by atoms with E-state index in [0.717, 1.165) is 60.1 Å². The number of nitrogens with zero attached hydrogens (tertiary/aromatic N) is 8. The van der Waals surface area contributed by atoms with Gasteiger partial charge in [-0.05, 0) is 106 Å². The molecule has 4 aliphatic heterocycles. The van der Waals surface area contributed by atoms with E-state index in [1.807, 2.05) is 155 Å². The summed E-state index contributed by atoms with van der Waals surface area (Å²) in [4.78, 5) is 21.7. The lowest BCUT2D eigenvalue weighted by atomic mass is 9.97. The number of aliphatic hydroxyl groups is 4. The van der Waals surface area contributed by atoms with Crippen molar-refractivity contribution < 1.29 is 63.1 Å². The van der Waals surface area contributed by atoms with E-state index in [2.05, 4.69) is 4.85 Å². The first kappa shape index (κ1) is 71.8. The number of carbonyl (C=O) groups is 1. The number of aliphatic hydroxyl groups excluding tert-OH is 4. The van der Waals surface area contributed by atoms with Gasteiger partial charge in [-0.15, -0.1) is 22.7 Å². The van der Waals surface area contributed by atoms with Gasteiger partial charge in [-0.25, -0.2) is 4.85 Å². The highest BCUT2D eigenvalue weighted by Gasteiger charge is 2.40. The number of rotatable bonds is 23. The van der Waals surface area contributed by atoms with Crippen molar-refractivity contribution in [2.45, 2.75) is 59.0 Å². The Kier molecular flexibility index (Phi) is 25.4. The van der Waals surface area contributed by atoms with Gasteiger partial charge >= 0.3 is 0 Å². The lowest BCUT2D eigenvalue weighted by Crippen LogP contribution is -2.29. The fourth-order valence-corrected chi connectivity index (χ4v) is 12.2. The van der Waals surface area contributed by atoms with Gasteiger partial charge in [0.1, 0.15) is 97.6 Å². The number of hydrogen-bond acceptors (Lipinski definition) is 22. The van der Waals surface area contributed by atoms with E-state index in [0.29, 0.717) is 111 Å². The summed E-state index contributed by atoms with van der Waals surface area (Å²) in [7, 11) is 0. The van der Waals surface area contributed by atoms with Gasteiger partial charge in [0.25, 0.3) is 0 Å². The van der Waals surface area contributed by atoms with Gasteiger partial charge < -0.3 is 68.1 Å². The Balaban J connectivity index is 0.000000212. The lowest BCUT2D eigenvalue weighted by Gasteiger charge is -2.24. The van der Waals surface area contributed by atoms with Crippen molar-refractivity contribution in [3.05, 3.63) is 201 Å². The number of fused-ring (bicyclic) bond motifs is 2. The molecule has 4 aliphatic rings. The van der Waals surface area contributed by atoms with E-state index < -0.39 is 11.2 Å². The Bertz CT molecular complexity index is 4290. The second-order valence-electron chi connectivity index (χ2n) is 22.4. The Hall–Kier alpha value is -11.1. The standard InChI is InChI=1S/C37H34N4O6S.C26H27NO6S.C11H9N3O/c1-37(2)29(33(40-3)34(47-37)27(22-38)23-39)12-14-32-36-35(44-19-20-45-36)31(48-32)13-10-26-9-11-28(41(15-17-42)16-18-43)21-30(26)46-24-25-7-5-4-6-8-25;28-12-10-27(11-13-29)21-8-6-20(22(16-21)33-18-19-4-2-1-3-5-19)7-9-23-25-26(24(17-30)34-23)32-15-14-31-25;1-7-9(6-14)10(8(4-12)5-13)15-11(7,2)3/h4-14,21,42-43H,15-20,24H2,1-2H3;1-9,16-17,28-29H,10-15,18H2;1-3H3/b13-10+,14-12+;9-7+;. The maximum absolute atomic E-state index is 11.4. The number of thiophene rings is 2. The topological polar surface area (TPSA) is 302 Å². The van der Waals surface area contributed by atoms with Crippen molar-refractivity contribution in [3.63, 3.8) is 0 Å². The number of aldehydes is 1. The average Bonchev–Trinajstić information content (AvgIpc) is 1.64. The number of hydrogen-bond donors (Lipinski definition) is 4. The smallest absolute Gasteiger partial charge is 0.237 e. The molecule has 0 radical (unpaired) electrons. The predicted octanol–water partition coefficient (Wildman–Crippen LogP) is 12.2. The molecule has 6 aromatic rings. The van der Waals surface area contributed by atoms with Crippen LogP contribution in [0.25, 0.3) is 35.2 Å². The number of ether oxygens (including phenoxy) is 8. The van der Waals surface area contributed by atoms with Gasteiger partial charge in [0.05, 0.1) is 53.2 Å². The summed E-state index contributed by atoms with van der Waals surface area (Å²) in [5.74, 6) is 3.69. The summed E-state index contributed by atoms with van der Waals surface area (Å²) in [6.07, 6.45) is 12.1. The van der Waals surface area contributed by atoms with Gasteiger partial charge in [-0.2, -0.15) is 26.3 Å². The van der Waals surface area contributed by atoms with Crippen molar-refractivity contribution >= 4 is 70.7 Å². The van der Waals surface area contributed by atoms with Gasteiger partial charge in [-0.3, -0.25) is 4.79 Å². The maximum atomic E-state index is 11.4. The van der Waals surface area contributed by atoms with Crippen LogP contribution in [-0.2, 0) is 22.7 Å². The van der Waals surface area contributed by atoms with Gasteiger partial charge in [0.2, 0.25) is 5.70 Å². The SMILES string of the molecule is CC1=C(C#N)C(=C(C#N)C#N)OC1(C)C.O=Cc1sc(/C=C/c2ccc(N(CCO)CCO)cc2OCc2ccccc2)c2c1OCCO2.[C-]#[N+]C1=C(/C=C/c2sc(/C=C/c3ccc(N(CCO)CCO)cc3OCc3ccccc3)c3c2OCCO3)C(C)(C)OC1=C(C#N)C#N. The third kappa shape index (κ3) is 17.6. The van der Waals surface area contributed by atoms with Crippen molar-refractivity contribution in [2.24, 2.45) is 0 Å². The molecule has 496 valence electrons. The molecule has 0 saturated heterocycles. The first-order valence-corrected chi connectivity index (χ1v) is 32.3. The highest BCUT2D eigenvalue weighted by atomic mass is 32.1. The monoisotopic (exact) mass is 1340 g/mol. The summed E-state index contributed by atoms with van der Waals surface area (Å²) in [6, 6.07) is 40.3. The Morgan fingerprint density at radius 1 is 0.557 bits per heavy atom. The molecule has 0 unspecified atom stereocenters. The molecule has 23 heteroatoms. The molecule has 0 amide bonds. The minimum atomic E-state index is -0.936. The zero-order chi connectivity index (χ0) is 69.5. The summed E-state index contributed by atoms with van der Waals surface area (Å²) in [5, 5.41) is 83.1. The Morgan fingerprint density at radius 3 is 1.34 bits per heavy atom. The van der Waals surface area contributed by atoms with E-state index in [4.69, 9.17) is 60.3 Å². The molecule has 0 atom stereocenters. The third-order valence-corrected chi connectivity index (χ3v) is 17.5. The van der Waals surface area contributed by atoms with Crippen LogP contribution < -0.4 is 38.2 Å². The molecule has 0 spiro atoms. The van der Waals surface area contributed by atoms with Gasteiger partial charge in [-0.1, -0.05) is 66.7 Å². The third-order valence-electron chi connectivity index (χ3n) is 15.4. The molecule has 0 aliphatic carbocycles. The zero-order valence-electron chi connectivity index (χ0n) is 54.0. The minimum Gasteiger partial charge on any atom is -0.493 e. The largest absolute Gasteiger partial charge is 0.493 e. The van der Waals surface area contributed by atoms with Crippen LogP contribution in [0.2, 0.25) is 0 Å². The molecular formula is C74H70N8O13S2. The van der Waals surface area contributed by atoms with E-state index in [1.165, 1.54) is 22.7 Å². The van der Waals surface area contributed by atoms with Gasteiger partial charge in [0, 0.05) is 66.4 Å². The molecule has 0 saturated carbocycles. The number of nitriles is 5. The number of anilines is 2. The Labute approximate surface area is 571 Å². The molecule has 97 heavy (non-hydrogen) atoms. The van der Waals surface area contributed by atoms with Crippen LogP contribution in [0.15, 0.2) is 148 Å². The summed E-state index contributed by atoms with van der Waals surface area (Å²) >= 11 is 2.78. The fraction of sp³-hybridized carbons (Fsp3) is 0.284. The first-order valence-electron chi connectivity index (χ1n) is 30.6. The molecule has 4 aromatic carbocycles. The van der Waals surface area contributed by atoms with E-state index >= 15 is 0 Å². The van der Waals surface area contributed by atoms with Crippen LogP contribution >= 0.6 is 22.7 Å². The number of allylic oxidation sites excluding steroid dienone is 3. The van der Waals surface area contributed by atoms with Crippen LogP contribution in [-0.4, -0.2) is 117 Å². The van der Waals surface area contributed by atoms with Crippen LogP contribution in [0.4, 0.5) is 11.4 Å². The highest BCUT2D eigenvalue weighted by molar-refractivity contribution is 7.15. The van der Waals surface area contributed by atoms with Crippen LogP contribution in [0, 0.1) is 63.2 Å². The predicted molar refractivity (Wildman–Crippen MR) is 369 cm³/mol. The number of benzene rings is 4. The molecule has 10 rings (SSSR count). The summed E-state index contributed by atoms with van der Waals surface area (Å²) in [6.45, 7) is 20.4. The molecule has 0 fully saturated rings. The van der Waals surface area contributed by atoms with E-state index in [-0.39, 0.29) is 60.4 Å². The molecule has 4 N–H and O–H groups in total. The van der Waals surface area contributed by atoms with Crippen molar-refractivity contribution in [3.8, 4) is 64.8 Å². The Morgan fingerprint density at radius 2 is 0.948 bits per heavy atom. The first-order chi connectivity index (χ1) is 47.0. The summed E-state index contributed by atoms with van der Waals surface area (Å²) < 4.78 is 47.3. The van der Waals surface area contributed by atoms with E-state index in [9.17, 15) is 35.7 Å². The molecule has 0 bridgehead atoms. The second-order valence-corrected chi connectivity index (χ2v) is 24.6. The lowest BCUT2D eigenvalue weighted by molar-refractivity contribution is 0.0927. The van der Waals surface area contributed by atoms with Crippen LogP contribution in [0.5, 0.6) is 34.5 Å². The van der Waals surface area contributed by atoms with Crippen molar-refractivity contribution in [1.82, 2.24) is 0 Å². The molecular weight excluding hydrogens is 1270 g/mol. The quantitative estimate of drug-likeness (QED) is 0.0263. The maximum Gasteiger partial charge on any atom is 0.237 e. The molecule has 21 nitrogen and oxygen atoms in total. The minimum absolute atomic E-state index is 0.0109. The van der Waals surface area contributed by atoms with Crippen molar-refractivity contribution in [2.75, 3.05) is 88.8 Å².